The van der Waals surface area contributed by atoms with Gasteiger partial charge in [-0.3, -0.25) is 9.59 Å². The maximum Gasteiger partial charge on any atom is 0.276 e. The van der Waals surface area contributed by atoms with Crippen molar-refractivity contribution in [2.24, 2.45) is 0 Å². The van der Waals surface area contributed by atoms with Crippen LogP contribution in [-0.4, -0.2) is 16.1 Å². The van der Waals surface area contributed by atoms with Crippen LogP contribution in [0.4, 0.5) is 5.69 Å². The summed E-state index contributed by atoms with van der Waals surface area (Å²) in [5.74, 6) is -0.416. The number of H-pyrrole nitrogens is 1. The van der Waals surface area contributed by atoms with Crippen LogP contribution in [0.15, 0.2) is 39.6 Å². The van der Waals surface area contributed by atoms with Gasteiger partial charge in [0.15, 0.2) is 0 Å². The predicted molar refractivity (Wildman–Crippen MR) is 72.0 cm³/mol. The minimum atomic E-state index is -0.416. The van der Waals surface area contributed by atoms with Gasteiger partial charge in [0.1, 0.15) is 5.69 Å². The van der Waals surface area contributed by atoms with Gasteiger partial charge in [-0.05, 0) is 40.2 Å². The first-order valence-electron chi connectivity index (χ1n) is 4.88. The summed E-state index contributed by atoms with van der Waals surface area (Å²) in [6.45, 7) is 0. The summed E-state index contributed by atoms with van der Waals surface area (Å²) in [6, 6.07) is 7.57. The summed E-state index contributed by atoms with van der Waals surface area (Å²) >= 11 is 9.10. The molecule has 7 heteroatoms. The first-order valence-corrected chi connectivity index (χ1v) is 6.05. The first kappa shape index (κ1) is 12.8. The van der Waals surface area contributed by atoms with Crippen molar-refractivity contribution in [2.45, 2.75) is 0 Å². The number of rotatable bonds is 2. The van der Waals surface area contributed by atoms with Crippen LogP contribution in [0, 0.1) is 0 Å². The Labute approximate surface area is 115 Å². The molecule has 0 saturated carbocycles. The summed E-state index contributed by atoms with van der Waals surface area (Å²) < 4.78 is 0.677. The first-order chi connectivity index (χ1) is 8.56. The lowest BCUT2D eigenvalue weighted by molar-refractivity contribution is 0.102. The number of anilines is 1. The van der Waals surface area contributed by atoms with E-state index in [4.69, 9.17) is 11.6 Å². The van der Waals surface area contributed by atoms with E-state index in [1.54, 1.807) is 18.2 Å². The third-order valence-electron chi connectivity index (χ3n) is 2.09. The Bertz CT molecular complexity index is 636. The second-order valence-corrected chi connectivity index (χ2v) is 4.65. The summed E-state index contributed by atoms with van der Waals surface area (Å²) in [4.78, 5) is 22.6. The van der Waals surface area contributed by atoms with Crippen LogP contribution in [0.2, 0.25) is 5.02 Å². The average Bonchev–Trinajstić information content (AvgIpc) is 2.34. The van der Waals surface area contributed by atoms with Crippen molar-refractivity contribution in [3.63, 3.8) is 0 Å². The van der Waals surface area contributed by atoms with Gasteiger partial charge < -0.3 is 5.32 Å². The van der Waals surface area contributed by atoms with Gasteiger partial charge in [-0.2, -0.15) is 5.10 Å². The molecule has 2 N–H and O–H groups in total. The second-order valence-electron chi connectivity index (χ2n) is 3.39. The fraction of sp³-hybridized carbons (Fsp3) is 0. The SMILES string of the molecule is O=C(Nc1ccc(Cl)c(Br)c1)c1ccc(=O)[nH]n1. The minimum absolute atomic E-state index is 0.126. The van der Waals surface area contributed by atoms with E-state index < -0.39 is 5.91 Å². The van der Waals surface area contributed by atoms with E-state index in [1.165, 1.54) is 12.1 Å². The van der Waals surface area contributed by atoms with Crippen molar-refractivity contribution >= 4 is 39.1 Å². The molecular weight excluding hydrogens is 321 g/mol. The molecule has 5 nitrogen and oxygen atoms in total. The van der Waals surface area contributed by atoms with Gasteiger partial charge in [0, 0.05) is 16.2 Å². The number of carbonyl (C=O) groups is 1. The van der Waals surface area contributed by atoms with Gasteiger partial charge in [0.2, 0.25) is 0 Å². The zero-order chi connectivity index (χ0) is 13.1. The Morgan fingerprint density at radius 2 is 2.11 bits per heavy atom. The van der Waals surface area contributed by atoms with Gasteiger partial charge in [0.05, 0.1) is 5.02 Å². The number of aromatic amines is 1. The molecule has 0 radical (unpaired) electrons. The smallest absolute Gasteiger partial charge is 0.276 e. The summed E-state index contributed by atoms with van der Waals surface area (Å²) in [7, 11) is 0. The Balaban J connectivity index is 2.18. The number of aromatic nitrogens is 2. The number of nitrogens with one attached hydrogen (secondary N) is 2. The van der Waals surface area contributed by atoms with Crippen molar-refractivity contribution in [3.05, 3.63) is 55.9 Å². The number of benzene rings is 1. The van der Waals surface area contributed by atoms with Crippen molar-refractivity contribution in [2.75, 3.05) is 5.32 Å². The van der Waals surface area contributed by atoms with Crippen molar-refractivity contribution < 1.29 is 4.79 Å². The molecule has 0 unspecified atom stereocenters. The van der Waals surface area contributed by atoms with Gasteiger partial charge in [0.25, 0.3) is 11.5 Å². The number of nitrogens with zero attached hydrogens (tertiary/aromatic N) is 1. The number of hydrogen-bond donors (Lipinski definition) is 2. The lowest BCUT2D eigenvalue weighted by Crippen LogP contribution is -2.17. The molecule has 2 aromatic rings. The van der Waals surface area contributed by atoms with E-state index in [1.807, 2.05) is 0 Å². The van der Waals surface area contributed by atoms with E-state index >= 15 is 0 Å². The Hall–Kier alpha value is -1.66. The van der Waals surface area contributed by atoms with Crippen molar-refractivity contribution in [1.82, 2.24) is 10.2 Å². The van der Waals surface area contributed by atoms with Crippen molar-refractivity contribution in [1.29, 1.82) is 0 Å². The summed E-state index contributed by atoms with van der Waals surface area (Å²) in [5.41, 5.74) is 0.339. The molecule has 0 saturated heterocycles. The summed E-state index contributed by atoms with van der Waals surface area (Å²) in [6.07, 6.45) is 0. The third kappa shape index (κ3) is 2.96. The lowest BCUT2D eigenvalue weighted by Gasteiger charge is -2.05. The van der Waals surface area contributed by atoms with E-state index in [-0.39, 0.29) is 11.3 Å². The summed E-state index contributed by atoms with van der Waals surface area (Å²) in [5, 5.41) is 9.00. The molecule has 1 heterocycles. The largest absolute Gasteiger partial charge is 0.321 e. The molecule has 92 valence electrons. The Morgan fingerprint density at radius 3 is 2.72 bits per heavy atom. The number of amides is 1. The number of hydrogen-bond acceptors (Lipinski definition) is 3. The number of halogens is 2. The molecule has 0 fully saturated rings. The molecule has 0 aliphatic rings. The van der Waals surface area contributed by atoms with E-state index in [2.05, 4.69) is 31.4 Å². The highest BCUT2D eigenvalue weighted by Crippen LogP contribution is 2.25. The van der Waals surface area contributed by atoms with Crippen LogP contribution in [0.5, 0.6) is 0 Å². The van der Waals surface area contributed by atoms with E-state index in [0.29, 0.717) is 15.2 Å². The lowest BCUT2D eigenvalue weighted by atomic mass is 10.3. The van der Waals surface area contributed by atoms with Crippen LogP contribution >= 0.6 is 27.5 Å². The highest BCUT2D eigenvalue weighted by molar-refractivity contribution is 9.10. The molecule has 2 rings (SSSR count). The minimum Gasteiger partial charge on any atom is -0.321 e. The maximum absolute atomic E-state index is 11.8. The molecule has 0 atom stereocenters. The van der Waals surface area contributed by atoms with Crippen LogP contribution in [0.1, 0.15) is 10.5 Å². The van der Waals surface area contributed by atoms with Crippen molar-refractivity contribution in [3.8, 4) is 0 Å². The zero-order valence-electron chi connectivity index (χ0n) is 8.91. The fourth-order valence-electron chi connectivity index (χ4n) is 1.24. The van der Waals surface area contributed by atoms with E-state index in [9.17, 15) is 9.59 Å². The Kier molecular flexibility index (Phi) is 3.78. The molecule has 0 aliphatic heterocycles. The van der Waals surface area contributed by atoms with Crippen LogP contribution in [0.25, 0.3) is 0 Å². The van der Waals surface area contributed by atoms with Crippen LogP contribution in [-0.2, 0) is 0 Å². The maximum atomic E-state index is 11.8. The zero-order valence-corrected chi connectivity index (χ0v) is 11.2. The number of carbonyl (C=O) groups excluding carboxylic acids is 1. The average molecular weight is 329 g/mol. The highest BCUT2D eigenvalue weighted by Gasteiger charge is 2.08. The standard InChI is InChI=1S/C11H7BrClN3O2/c12-7-5-6(1-2-8(7)13)14-11(18)9-3-4-10(17)16-15-9/h1-5H,(H,14,18)(H,16,17). The molecule has 0 spiro atoms. The van der Waals surface area contributed by atoms with Crippen LogP contribution in [0.3, 0.4) is 0 Å². The van der Waals surface area contributed by atoms with Gasteiger partial charge >= 0.3 is 0 Å². The molecule has 1 amide bonds. The molecule has 0 aliphatic carbocycles. The van der Waals surface area contributed by atoms with Gasteiger partial charge in [-0.1, -0.05) is 11.6 Å². The van der Waals surface area contributed by atoms with Crippen LogP contribution < -0.4 is 10.9 Å². The third-order valence-corrected chi connectivity index (χ3v) is 3.30. The monoisotopic (exact) mass is 327 g/mol. The molecule has 0 bridgehead atoms. The van der Waals surface area contributed by atoms with Gasteiger partial charge in [-0.15, -0.1) is 0 Å². The molecule has 1 aromatic carbocycles. The van der Waals surface area contributed by atoms with E-state index in [0.717, 1.165) is 0 Å². The normalized spacial score (nSPS) is 10.1. The predicted octanol–water partition coefficient (Wildman–Crippen LogP) is 2.44. The quantitative estimate of drug-likeness (QED) is 0.889. The second kappa shape index (κ2) is 5.32. The topological polar surface area (TPSA) is 74.8 Å². The fourth-order valence-corrected chi connectivity index (χ4v) is 1.74. The molecular formula is C11H7BrClN3O2. The molecule has 1 aromatic heterocycles. The Morgan fingerprint density at radius 1 is 1.33 bits per heavy atom. The highest BCUT2D eigenvalue weighted by atomic mass is 79.9. The van der Waals surface area contributed by atoms with Gasteiger partial charge in [-0.25, -0.2) is 5.10 Å². The molecule has 18 heavy (non-hydrogen) atoms.